The molecule has 1 N–H and O–H groups in total. The topological polar surface area (TPSA) is 58.6 Å². The first-order valence-electron chi connectivity index (χ1n) is 6.33. The van der Waals surface area contributed by atoms with Gasteiger partial charge in [0.1, 0.15) is 0 Å². The van der Waals surface area contributed by atoms with Gasteiger partial charge in [-0.1, -0.05) is 18.6 Å². The van der Waals surface area contributed by atoms with Crippen LogP contribution in [0.4, 0.5) is 0 Å². The highest BCUT2D eigenvalue weighted by Crippen LogP contribution is 2.15. The van der Waals surface area contributed by atoms with Crippen molar-refractivity contribution < 1.29 is 14.3 Å². The molecule has 0 aromatic rings. The van der Waals surface area contributed by atoms with Crippen molar-refractivity contribution in [2.45, 2.75) is 39.2 Å². The van der Waals surface area contributed by atoms with Crippen molar-refractivity contribution in [3.05, 3.63) is 11.6 Å². The molecule has 0 saturated carbocycles. The molecule has 0 aromatic heterocycles. The van der Waals surface area contributed by atoms with Crippen molar-refractivity contribution in [1.29, 1.82) is 0 Å². The number of carbonyl (C=O) groups excluding carboxylic acids is 2. The number of hydrogen-bond donors (Lipinski definition) is 1. The molecule has 0 aliphatic carbocycles. The number of imide groups is 1. The van der Waals surface area contributed by atoms with Crippen LogP contribution in [0.15, 0.2) is 11.6 Å². The smallest absolute Gasteiger partial charge is 0.243 e. The first-order chi connectivity index (χ1) is 8.62. The monoisotopic (exact) mass is 254 g/mol. The van der Waals surface area contributed by atoms with Crippen molar-refractivity contribution in [3.63, 3.8) is 0 Å². The average molecular weight is 254 g/mol. The van der Waals surface area contributed by atoms with Gasteiger partial charge in [0, 0.05) is 20.1 Å². The minimum atomic E-state index is -0.274. The van der Waals surface area contributed by atoms with Crippen LogP contribution in [0, 0.1) is 0 Å². The Kier molecular flexibility index (Phi) is 6.01. The molecule has 1 rings (SSSR count). The number of amides is 2. The molecule has 0 radical (unpaired) electrons. The predicted octanol–water partition coefficient (Wildman–Crippen LogP) is 1.05. The summed E-state index contributed by atoms with van der Waals surface area (Å²) in [5.74, 6) is -0.398. The SMILES string of the molecule is C/C=C(\CC)CN(COC)C1CCC(=O)NC1=O. The molecule has 0 aromatic carbocycles. The molecule has 0 bridgehead atoms. The molecule has 1 aliphatic heterocycles. The fraction of sp³-hybridized carbons (Fsp3) is 0.692. The second kappa shape index (κ2) is 7.28. The number of ether oxygens (including phenoxy) is 1. The second-order valence-corrected chi connectivity index (χ2v) is 4.43. The number of rotatable bonds is 6. The Morgan fingerprint density at radius 3 is 2.78 bits per heavy atom. The Balaban J connectivity index is 2.71. The van der Waals surface area contributed by atoms with Crippen LogP contribution in [0.3, 0.4) is 0 Å². The zero-order chi connectivity index (χ0) is 13.5. The summed E-state index contributed by atoms with van der Waals surface area (Å²) < 4.78 is 5.16. The normalized spacial score (nSPS) is 21.3. The summed E-state index contributed by atoms with van der Waals surface area (Å²) in [6.07, 6.45) is 3.97. The third-order valence-electron chi connectivity index (χ3n) is 3.21. The molecule has 1 aliphatic rings. The number of carbonyl (C=O) groups is 2. The molecule has 1 heterocycles. The van der Waals surface area contributed by atoms with Gasteiger partial charge in [-0.3, -0.25) is 19.8 Å². The number of allylic oxidation sites excluding steroid dienone is 1. The average Bonchev–Trinajstić information content (AvgIpc) is 2.35. The Morgan fingerprint density at radius 1 is 1.56 bits per heavy atom. The fourth-order valence-corrected chi connectivity index (χ4v) is 2.11. The van der Waals surface area contributed by atoms with E-state index in [2.05, 4.69) is 18.3 Å². The van der Waals surface area contributed by atoms with Crippen molar-refractivity contribution in [1.82, 2.24) is 10.2 Å². The first kappa shape index (κ1) is 14.9. The van der Waals surface area contributed by atoms with Crippen molar-refractivity contribution in [3.8, 4) is 0 Å². The quantitative estimate of drug-likeness (QED) is 0.437. The lowest BCUT2D eigenvalue weighted by Crippen LogP contribution is -2.53. The van der Waals surface area contributed by atoms with E-state index < -0.39 is 0 Å². The lowest BCUT2D eigenvalue weighted by molar-refractivity contribution is -0.139. The van der Waals surface area contributed by atoms with E-state index in [0.29, 0.717) is 26.1 Å². The maximum absolute atomic E-state index is 11.8. The van der Waals surface area contributed by atoms with Crippen LogP contribution in [0.25, 0.3) is 0 Å². The highest BCUT2D eigenvalue weighted by atomic mass is 16.5. The van der Waals surface area contributed by atoms with E-state index in [1.54, 1.807) is 7.11 Å². The lowest BCUT2D eigenvalue weighted by atomic mass is 10.0. The van der Waals surface area contributed by atoms with Crippen molar-refractivity contribution in [2.75, 3.05) is 20.4 Å². The standard InChI is InChI=1S/C13H22N2O3/c1-4-10(5-2)8-15(9-18-3)11-6-7-12(16)14-13(11)17/h4,11H,5-9H2,1-3H3,(H,14,16,17)/b10-4+. The summed E-state index contributed by atoms with van der Waals surface area (Å²) in [7, 11) is 1.61. The summed E-state index contributed by atoms with van der Waals surface area (Å²) in [5.41, 5.74) is 1.26. The Hall–Kier alpha value is -1.20. The molecule has 1 fully saturated rings. The predicted molar refractivity (Wildman–Crippen MR) is 68.8 cm³/mol. The van der Waals surface area contributed by atoms with Crippen LogP contribution in [0.2, 0.25) is 0 Å². The van der Waals surface area contributed by atoms with E-state index in [9.17, 15) is 9.59 Å². The van der Waals surface area contributed by atoms with Gasteiger partial charge in [0.05, 0.1) is 12.8 Å². The van der Waals surface area contributed by atoms with Gasteiger partial charge < -0.3 is 4.74 Å². The van der Waals surface area contributed by atoms with E-state index in [4.69, 9.17) is 4.74 Å². The molecular weight excluding hydrogens is 232 g/mol. The zero-order valence-electron chi connectivity index (χ0n) is 11.4. The Morgan fingerprint density at radius 2 is 2.28 bits per heavy atom. The van der Waals surface area contributed by atoms with Gasteiger partial charge in [0.2, 0.25) is 11.8 Å². The molecule has 1 unspecified atom stereocenters. The van der Waals surface area contributed by atoms with E-state index in [0.717, 1.165) is 6.42 Å². The summed E-state index contributed by atoms with van der Waals surface area (Å²) >= 11 is 0. The molecular formula is C13H22N2O3. The molecule has 1 saturated heterocycles. The molecule has 18 heavy (non-hydrogen) atoms. The molecule has 0 spiro atoms. The molecule has 5 nitrogen and oxygen atoms in total. The van der Waals surface area contributed by atoms with Gasteiger partial charge >= 0.3 is 0 Å². The van der Waals surface area contributed by atoms with E-state index in [-0.39, 0.29) is 17.9 Å². The summed E-state index contributed by atoms with van der Waals surface area (Å²) in [4.78, 5) is 24.9. The third-order valence-corrected chi connectivity index (χ3v) is 3.21. The number of piperidine rings is 1. The van der Waals surface area contributed by atoms with Gasteiger partial charge in [-0.05, 0) is 19.8 Å². The highest BCUT2D eigenvalue weighted by molar-refractivity contribution is 6.00. The zero-order valence-corrected chi connectivity index (χ0v) is 11.4. The Labute approximate surface area is 108 Å². The second-order valence-electron chi connectivity index (χ2n) is 4.43. The Bertz CT molecular complexity index is 339. The summed E-state index contributed by atoms with van der Waals surface area (Å²) in [6, 6.07) is -0.274. The number of methoxy groups -OCH3 is 1. The number of hydrogen-bond acceptors (Lipinski definition) is 4. The molecule has 102 valence electrons. The number of nitrogens with one attached hydrogen (secondary N) is 1. The van der Waals surface area contributed by atoms with Crippen LogP contribution in [-0.4, -0.2) is 43.1 Å². The van der Waals surface area contributed by atoms with Gasteiger partial charge in [-0.2, -0.15) is 0 Å². The van der Waals surface area contributed by atoms with Crippen LogP contribution in [0.5, 0.6) is 0 Å². The van der Waals surface area contributed by atoms with Crippen LogP contribution in [0.1, 0.15) is 33.1 Å². The largest absolute Gasteiger partial charge is 0.369 e. The van der Waals surface area contributed by atoms with Crippen LogP contribution >= 0.6 is 0 Å². The van der Waals surface area contributed by atoms with Gasteiger partial charge in [-0.15, -0.1) is 0 Å². The highest BCUT2D eigenvalue weighted by Gasteiger charge is 2.31. The lowest BCUT2D eigenvalue weighted by Gasteiger charge is -2.32. The van der Waals surface area contributed by atoms with Crippen molar-refractivity contribution >= 4 is 11.8 Å². The third kappa shape index (κ3) is 3.92. The maximum Gasteiger partial charge on any atom is 0.243 e. The summed E-state index contributed by atoms with van der Waals surface area (Å²) in [5, 5.41) is 2.38. The fourth-order valence-electron chi connectivity index (χ4n) is 2.11. The first-order valence-corrected chi connectivity index (χ1v) is 6.33. The summed E-state index contributed by atoms with van der Waals surface area (Å²) in [6.45, 7) is 5.18. The van der Waals surface area contributed by atoms with E-state index >= 15 is 0 Å². The van der Waals surface area contributed by atoms with E-state index in [1.807, 2.05) is 11.8 Å². The molecule has 5 heteroatoms. The van der Waals surface area contributed by atoms with Crippen molar-refractivity contribution in [2.24, 2.45) is 0 Å². The minimum Gasteiger partial charge on any atom is -0.369 e. The van der Waals surface area contributed by atoms with Crippen LogP contribution in [-0.2, 0) is 14.3 Å². The van der Waals surface area contributed by atoms with Crippen LogP contribution < -0.4 is 5.32 Å². The van der Waals surface area contributed by atoms with E-state index in [1.165, 1.54) is 5.57 Å². The van der Waals surface area contributed by atoms with Gasteiger partial charge in [0.25, 0.3) is 0 Å². The maximum atomic E-state index is 11.8. The van der Waals surface area contributed by atoms with Gasteiger partial charge in [0.15, 0.2) is 0 Å². The number of nitrogens with zero attached hydrogens (tertiary/aromatic N) is 1. The molecule has 2 amide bonds. The minimum absolute atomic E-state index is 0.185. The van der Waals surface area contributed by atoms with Gasteiger partial charge in [-0.25, -0.2) is 0 Å². The molecule has 1 atom stereocenters.